The maximum absolute atomic E-state index is 12.4. The monoisotopic (exact) mass is 279 g/mol. The van der Waals surface area contributed by atoms with Gasteiger partial charge in [0.05, 0.1) is 17.5 Å². The Bertz CT molecular complexity index is 818. The average Bonchev–Trinajstić information content (AvgIpc) is 2.88. The highest BCUT2D eigenvalue weighted by Gasteiger charge is 2.17. The van der Waals surface area contributed by atoms with Crippen molar-refractivity contribution in [3.63, 3.8) is 0 Å². The van der Waals surface area contributed by atoms with Crippen molar-refractivity contribution in [1.82, 2.24) is 4.57 Å². The SMILES string of the molecule is O=C(O)c1cn(C(=O)Cc2ccccc2)c2ccccc12. The Morgan fingerprint density at radius 3 is 2.33 bits per heavy atom. The Balaban J connectivity index is 2.04. The lowest BCUT2D eigenvalue weighted by molar-refractivity contribution is 0.0699. The van der Waals surface area contributed by atoms with Gasteiger partial charge in [0.15, 0.2) is 0 Å². The molecule has 0 aliphatic carbocycles. The number of benzene rings is 2. The van der Waals surface area contributed by atoms with Gasteiger partial charge in [-0.15, -0.1) is 0 Å². The van der Waals surface area contributed by atoms with Crippen LogP contribution in [0.4, 0.5) is 0 Å². The third kappa shape index (κ3) is 2.43. The summed E-state index contributed by atoms with van der Waals surface area (Å²) in [5.41, 5.74) is 1.67. The molecule has 0 saturated carbocycles. The molecule has 0 bridgehead atoms. The van der Waals surface area contributed by atoms with Gasteiger partial charge >= 0.3 is 5.97 Å². The van der Waals surface area contributed by atoms with Gasteiger partial charge in [-0.05, 0) is 11.6 Å². The molecule has 1 N–H and O–H groups in total. The van der Waals surface area contributed by atoms with E-state index < -0.39 is 5.97 Å². The highest BCUT2D eigenvalue weighted by Crippen LogP contribution is 2.21. The molecule has 2 aromatic carbocycles. The molecule has 0 fully saturated rings. The number of aromatic carboxylic acids is 1. The minimum absolute atomic E-state index is 0.145. The number of rotatable bonds is 3. The van der Waals surface area contributed by atoms with Gasteiger partial charge < -0.3 is 5.11 Å². The normalized spacial score (nSPS) is 10.7. The lowest BCUT2D eigenvalue weighted by Gasteiger charge is -2.04. The molecule has 3 aromatic rings. The second-order valence-corrected chi connectivity index (χ2v) is 4.79. The molecular weight excluding hydrogens is 266 g/mol. The zero-order chi connectivity index (χ0) is 14.8. The Morgan fingerprint density at radius 1 is 0.952 bits per heavy atom. The summed E-state index contributed by atoms with van der Waals surface area (Å²) in [6.45, 7) is 0. The maximum Gasteiger partial charge on any atom is 0.337 e. The second-order valence-electron chi connectivity index (χ2n) is 4.79. The van der Waals surface area contributed by atoms with Crippen LogP contribution in [0.15, 0.2) is 60.8 Å². The highest BCUT2D eigenvalue weighted by molar-refractivity contribution is 6.06. The van der Waals surface area contributed by atoms with E-state index in [1.807, 2.05) is 30.3 Å². The van der Waals surface area contributed by atoms with Crippen LogP contribution in [0.3, 0.4) is 0 Å². The number of carbonyl (C=O) groups excluding carboxylic acids is 1. The van der Waals surface area contributed by atoms with Crippen molar-refractivity contribution in [2.45, 2.75) is 6.42 Å². The van der Waals surface area contributed by atoms with Crippen molar-refractivity contribution in [1.29, 1.82) is 0 Å². The number of carbonyl (C=O) groups is 2. The van der Waals surface area contributed by atoms with Crippen LogP contribution in [0.1, 0.15) is 20.7 Å². The van der Waals surface area contributed by atoms with E-state index >= 15 is 0 Å². The number of hydrogen-bond acceptors (Lipinski definition) is 2. The number of nitrogens with zero attached hydrogens (tertiary/aromatic N) is 1. The Morgan fingerprint density at radius 2 is 1.62 bits per heavy atom. The molecule has 4 heteroatoms. The first-order valence-electron chi connectivity index (χ1n) is 6.57. The third-order valence-corrected chi connectivity index (χ3v) is 3.41. The summed E-state index contributed by atoms with van der Waals surface area (Å²) in [7, 11) is 0. The number of carboxylic acid groups (broad SMARTS) is 1. The Hall–Kier alpha value is -2.88. The summed E-state index contributed by atoms with van der Waals surface area (Å²) in [5.74, 6) is -1.18. The van der Waals surface area contributed by atoms with Crippen molar-refractivity contribution in [2.24, 2.45) is 0 Å². The van der Waals surface area contributed by atoms with Gasteiger partial charge in [0, 0.05) is 11.6 Å². The fourth-order valence-corrected chi connectivity index (χ4v) is 2.41. The first kappa shape index (κ1) is 13.1. The fraction of sp³-hybridized carbons (Fsp3) is 0.0588. The quantitative estimate of drug-likeness (QED) is 0.800. The molecule has 0 unspecified atom stereocenters. The van der Waals surface area contributed by atoms with E-state index in [1.165, 1.54) is 10.8 Å². The second kappa shape index (κ2) is 5.25. The third-order valence-electron chi connectivity index (χ3n) is 3.41. The van der Waals surface area contributed by atoms with E-state index in [0.29, 0.717) is 10.9 Å². The minimum Gasteiger partial charge on any atom is -0.478 e. The number of hydrogen-bond donors (Lipinski definition) is 1. The molecule has 0 radical (unpaired) electrons. The van der Waals surface area contributed by atoms with Gasteiger partial charge in [0.25, 0.3) is 0 Å². The molecular formula is C17H13NO3. The number of carboxylic acids is 1. The summed E-state index contributed by atoms with van der Waals surface area (Å²) in [4.78, 5) is 23.7. The van der Waals surface area contributed by atoms with Gasteiger partial charge in [-0.3, -0.25) is 9.36 Å². The summed E-state index contributed by atoms with van der Waals surface area (Å²) in [6, 6.07) is 16.4. The molecule has 0 amide bonds. The first-order chi connectivity index (χ1) is 10.2. The van der Waals surface area contributed by atoms with E-state index in [2.05, 4.69) is 0 Å². The van der Waals surface area contributed by atoms with Crippen molar-refractivity contribution in [2.75, 3.05) is 0 Å². The molecule has 0 aliphatic heterocycles. The van der Waals surface area contributed by atoms with Crippen molar-refractivity contribution in [3.05, 3.63) is 71.9 Å². The van der Waals surface area contributed by atoms with Crippen molar-refractivity contribution >= 4 is 22.8 Å². The predicted molar refractivity (Wildman–Crippen MR) is 79.7 cm³/mol. The van der Waals surface area contributed by atoms with Gasteiger partial charge in [0.2, 0.25) is 5.91 Å². The largest absolute Gasteiger partial charge is 0.478 e. The Kier molecular flexibility index (Phi) is 3.28. The van der Waals surface area contributed by atoms with Crippen LogP contribution < -0.4 is 0 Å². The predicted octanol–water partition coefficient (Wildman–Crippen LogP) is 3.22. The maximum atomic E-state index is 12.4. The van der Waals surface area contributed by atoms with E-state index in [4.69, 9.17) is 0 Å². The fourth-order valence-electron chi connectivity index (χ4n) is 2.41. The van der Waals surface area contributed by atoms with Crippen LogP contribution in [0.2, 0.25) is 0 Å². The zero-order valence-electron chi connectivity index (χ0n) is 11.2. The molecule has 1 heterocycles. The van der Waals surface area contributed by atoms with Crippen molar-refractivity contribution in [3.8, 4) is 0 Å². The van der Waals surface area contributed by atoms with E-state index in [-0.39, 0.29) is 17.9 Å². The van der Waals surface area contributed by atoms with Gasteiger partial charge in [-0.25, -0.2) is 4.79 Å². The number of fused-ring (bicyclic) bond motifs is 1. The summed E-state index contributed by atoms with van der Waals surface area (Å²) in [5, 5.41) is 9.82. The lowest BCUT2D eigenvalue weighted by Crippen LogP contribution is -2.12. The van der Waals surface area contributed by atoms with E-state index in [0.717, 1.165) is 5.56 Å². The summed E-state index contributed by atoms with van der Waals surface area (Å²) in [6.07, 6.45) is 1.64. The molecule has 104 valence electrons. The molecule has 0 aliphatic rings. The Labute approximate surface area is 121 Å². The van der Waals surface area contributed by atoms with Crippen LogP contribution in [-0.4, -0.2) is 21.6 Å². The van der Waals surface area contributed by atoms with Crippen LogP contribution in [0.5, 0.6) is 0 Å². The molecule has 0 atom stereocenters. The number of para-hydroxylation sites is 1. The molecule has 21 heavy (non-hydrogen) atoms. The van der Waals surface area contributed by atoms with E-state index in [9.17, 15) is 14.7 Å². The topological polar surface area (TPSA) is 59.3 Å². The zero-order valence-corrected chi connectivity index (χ0v) is 11.2. The van der Waals surface area contributed by atoms with Crippen LogP contribution in [0, 0.1) is 0 Å². The summed E-state index contributed by atoms with van der Waals surface area (Å²) < 4.78 is 1.42. The van der Waals surface area contributed by atoms with Gasteiger partial charge in [-0.1, -0.05) is 48.5 Å². The highest BCUT2D eigenvalue weighted by atomic mass is 16.4. The van der Waals surface area contributed by atoms with Crippen LogP contribution in [0.25, 0.3) is 10.9 Å². The van der Waals surface area contributed by atoms with E-state index in [1.54, 1.807) is 24.3 Å². The van der Waals surface area contributed by atoms with Gasteiger partial charge in [0.1, 0.15) is 0 Å². The number of aromatic nitrogens is 1. The van der Waals surface area contributed by atoms with Crippen molar-refractivity contribution < 1.29 is 14.7 Å². The molecule has 0 saturated heterocycles. The standard InChI is InChI=1S/C17H13NO3/c19-16(10-12-6-2-1-3-7-12)18-11-14(17(20)21)13-8-4-5-9-15(13)18/h1-9,11H,10H2,(H,20,21). The van der Waals surface area contributed by atoms with Crippen LogP contribution >= 0.6 is 0 Å². The first-order valence-corrected chi connectivity index (χ1v) is 6.57. The summed E-state index contributed by atoms with van der Waals surface area (Å²) >= 11 is 0. The van der Waals surface area contributed by atoms with Crippen LogP contribution in [-0.2, 0) is 6.42 Å². The lowest BCUT2D eigenvalue weighted by atomic mass is 10.1. The average molecular weight is 279 g/mol. The minimum atomic E-state index is -1.03. The smallest absolute Gasteiger partial charge is 0.337 e. The van der Waals surface area contributed by atoms with Gasteiger partial charge in [-0.2, -0.15) is 0 Å². The molecule has 1 aromatic heterocycles. The molecule has 4 nitrogen and oxygen atoms in total. The molecule has 3 rings (SSSR count). The molecule has 0 spiro atoms.